The number of hydrogen-bond acceptors (Lipinski definition) is 4. The Morgan fingerprint density at radius 2 is 1.95 bits per heavy atom. The Labute approximate surface area is 128 Å². The number of thiophene rings is 1. The van der Waals surface area contributed by atoms with Crippen LogP contribution in [0.5, 0.6) is 0 Å². The molecule has 114 valence electrons. The molecule has 1 aromatic carbocycles. The first-order chi connectivity index (χ1) is 9.73. The van der Waals surface area contributed by atoms with Gasteiger partial charge in [-0.1, -0.05) is 0 Å². The first-order valence-corrected chi connectivity index (χ1v) is 8.58. The molecule has 0 radical (unpaired) electrons. The molecular formula is C14H17FN2O2S2. The molecule has 0 aliphatic rings. The second-order valence-electron chi connectivity index (χ2n) is 4.84. The van der Waals surface area contributed by atoms with Crippen LogP contribution in [-0.4, -0.2) is 19.8 Å². The fraction of sp³-hybridized carbons (Fsp3) is 0.286. The van der Waals surface area contributed by atoms with Gasteiger partial charge < -0.3 is 5.73 Å². The van der Waals surface area contributed by atoms with Crippen molar-refractivity contribution in [2.45, 2.75) is 24.8 Å². The molecular weight excluding hydrogens is 311 g/mol. The van der Waals surface area contributed by atoms with E-state index in [1.54, 1.807) is 6.92 Å². The molecule has 0 aliphatic heterocycles. The maximum Gasteiger partial charge on any atom is 0.246 e. The minimum Gasteiger partial charge on any atom is -0.399 e. The number of rotatable bonds is 4. The van der Waals surface area contributed by atoms with Gasteiger partial charge in [0.05, 0.1) is 6.04 Å². The minimum absolute atomic E-state index is 0.211. The molecule has 1 aromatic heterocycles. The monoisotopic (exact) mass is 328 g/mol. The summed E-state index contributed by atoms with van der Waals surface area (Å²) >= 11 is 1.52. The summed E-state index contributed by atoms with van der Waals surface area (Å²) in [6.07, 6.45) is 0. The van der Waals surface area contributed by atoms with E-state index in [0.717, 1.165) is 26.2 Å². The number of nitrogen functional groups attached to an aromatic ring is 1. The van der Waals surface area contributed by atoms with Gasteiger partial charge in [-0.2, -0.15) is 4.31 Å². The summed E-state index contributed by atoms with van der Waals surface area (Å²) in [5, 5.41) is 0. The summed E-state index contributed by atoms with van der Waals surface area (Å²) in [5.74, 6) is -0.800. The second-order valence-corrected chi connectivity index (χ2v) is 8.12. The van der Waals surface area contributed by atoms with Crippen LogP contribution in [0.25, 0.3) is 0 Å². The Balaban J connectivity index is 2.41. The average Bonchev–Trinajstić information content (AvgIpc) is 2.86. The summed E-state index contributed by atoms with van der Waals surface area (Å²) < 4.78 is 40.1. The predicted molar refractivity (Wildman–Crippen MR) is 83.2 cm³/mol. The largest absolute Gasteiger partial charge is 0.399 e. The highest BCUT2D eigenvalue weighted by molar-refractivity contribution is 7.89. The standard InChI is InChI=1S/C14H17FN2O2S2/c1-9-4-7-13(20-9)10(2)17(3)21(18,19)14-8-11(16)5-6-12(14)15/h4-8,10H,16H2,1-3H3. The van der Waals surface area contributed by atoms with Crippen molar-refractivity contribution >= 4 is 27.0 Å². The topological polar surface area (TPSA) is 63.4 Å². The van der Waals surface area contributed by atoms with Gasteiger partial charge in [-0.05, 0) is 44.2 Å². The molecule has 4 nitrogen and oxygen atoms in total. The Hall–Kier alpha value is -1.44. The first-order valence-electron chi connectivity index (χ1n) is 6.33. The maximum absolute atomic E-state index is 13.8. The smallest absolute Gasteiger partial charge is 0.246 e. The third-order valence-corrected chi connectivity index (χ3v) is 6.44. The zero-order chi connectivity index (χ0) is 15.8. The van der Waals surface area contributed by atoms with Gasteiger partial charge in [0, 0.05) is 22.5 Å². The molecule has 0 aliphatic carbocycles. The van der Waals surface area contributed by atoms with E-state index < -0.39 is 20.7 Å². The molecule has 2 aromatic rings. The maximum atomic E-state index is 13.8. The predicted octanol–water partition coefficient (Wildman–Crippen LogP) is 3.16. The van der Waals surface area contributed by atoms with E-state index in [-0.39, 0.29) is 11.7 Å². The molecule has 2 N–H and O–H groups in total. The van der Waals surface area contributed by atoms with Gasteiger partial charge in [-0.3, -0.25) is 0 Å². The van der Waals surface area contributed by atoms with Crippen molar-refractivity contribution < 1.29 is 12.8 Å². The highest BCUT2D eigenvalue weighted by Gasteiger charge is 2.29. The third kappa shape index (κ3) is 3.09. The molecule has 0 fully saturated rings. The molecule has 2 rings (SSSR count). The molecule has 1 atom stereocenters. The average molecular weight is 328 g/mol. The SMILES string of the molecule is Cc1ccc(C(C)N(C)S(=O)(=O)c2cc(N)ccc2F)s1. The number of anilines is 1. The molecule has 0 bridgehead atoms. The van der Waals surface area contributed by atoms with Crippen molar-refractivity contribution in [3.05, 3.63) is 45.9 Å². The van der Waals surface area contributed by atoms with Crippen LogP contribution in [0.2, 0.25) is 0 Å². The van der Waals surface area contributed by atoms with Crippen molar-refractivity contribution in [2.75, 3.05) is 12.8 Å². The van der Waals surface area contributed by atoms with Crippen molar-refractivity contribution in [1.82, 2.24) is 4.31 Å². The van der Waals surface area contributed by atoms with Gasteiger partial charge in [-0.15, -0.1) is 11.3 Å². The fourth-order valence-corrected chi connectivity index (χ4v) is 4.42. The molecule has 0 saturated heterocycles. The highest BCUT2D eigenvalue weighted by Crippen LogP contribution is 2.31. The van der Waals surface area contributed by atoms with Crippen LogP contribution in [0.15, 0.2) is 35.2 Å². The quantitative estimate of drug-likeness (QED) is 0.877. The lowest BCUT2D eigenvalue weighted by molar-refractivity contribution is 0.399. The molecule has 1 unspecified atom stereocenters. The number of nitrogens with two attached hydrogens (primary N) is 1. The van der Waals surface area contributed by atoms with Gasteiger partial charge in [0.25, 0.3) is 0 Å². The van der Waals surface area contributed by atoms with Crippen LogP contribution in [0, 0.1) is 12.7 Å². The molecule has 0 saturated carbocycles. The second kappa shape index (κ2) is 5.75. The Morgan fingerprint density at radius 3 is 2.52 bits per heavy atom. The van der Waals surface area contributed by atoms with Crippen molar-refractivity contribution in [2.24, 2.45) is 0 Å². The summed E-state index contributed by atoms with van der Waals surface area (Å²) in [4.78, 5) is 1.60. The lowest BCUT2D eigenvalue weighted by Crippen LogP contribution is -2.30. The number of sulfonamides is 1. The number of hydrogen-bond donors (Lipinski definition) is 1. The number of nitrogens with zero attached hydrogens (tertiary/aromatic N) is 1. The van der Waals surface area contributed by atoms with Gasteiger partial charge in [0.2, 0.25) is 10.0 Å². The summed E-state index contributed by atoms with van der Waals surface area (Å²) in [5.41, 5.74) is 5.78. The summed E-state index contributed by atoms with van der Waals surface area (Å²) in [7, 11) is -2.50. The van der Waals surface area contributed by atoms with Gasteiger partial charge in [0.1, 0.15) is 10.7 Å². The molecule has 21 heavy (non-hydrogen) atoms. The normalized spacial score (nSPS) is 13.6. The van der Waals surface area contributed by atoms with Crippen molar-refractivity contribution in [1.29, 1.82) is 0 Å². The fourth-order valence-electron chi connectivity index (χ4n) is 1.94. The number of benzene rings is 1. The van der Waals surface area contributed by atoms with Gasteiger partial charge >= 0.3 is 0 Å². The van der Waals surface area contributed by atoms with E-state index in [9.17, 15) is 12.8 Å². The number of aryl methyl sites for hydroxylation is 1. The van der Waals surface area contributed by atoms with Crippen molar-refractivity contribution in [3.8, 4) is 0 Å². The molecule has 0 amide bonds. The third-order valence-electron chi connectivity index (χ3n) is 3.33. The summed E-state index contributed by atoms with van der Waals surface area (Å²) in [6.45, 7) is 3.72. The molecule has 7 heteroatoms. The highest BCUT2D eigenvalue weighted by atomic mass is 32.2. The van der Waals surface area contributed by atoms with E-state index >= 15 is 0 Å². The Bertz CT molecular complexity index is 756. The van der Waals surface area contributed by atoms with Crippen molar-refractivity contribution in [3.63, 3.8) is 0 Å². The van der Waals surface area contributed by atoms with E-state index in [1.165, 1.54) is 24.5 Å². The van der Waals surface area contributed by atoms with Crippen LogP contribution in [-0.2, 0) is 10.0 Å². The number of halogens is 1. The van der Waals surface area contributed by atoms with Crippen LogP contribution >= 0.6 is 11.3 Å². The van der Waals surface area contributed by atoms with Crippen LogP contribution in [0.1, 0.15) is 22.7 Å². The van der Waals surface area contributed by atoms with Crippen LogP contribution in [0.3, 0.4) is 0 Å². The lowest BCUT2D eigenvalue weighted by Gasteiger charge is -2.23. The van der Waals surface area contributed by atoms with E-state index in [2.05, 4.69) is 0 Å². The first kappa shape index (κ1) is 15.9. The summed E-state index contributed by atoms with van der Waals surface area (Å²) in [6, 6.07) is 6.98. The van der Waals surface area contributed by atoms with Gasteiger partial charge in [0.15, 0.2) is 0 Å². The Kier molecular flexibility index (Phi) is 4.36. The van der Waals surface area contributed by atoms with E-state index in [4.69, 9.17) is 5.73 Å². The van der Waals surface area contributed by atoms with Crippen LogP contribution in [0.4, 0.5) is 10.1 Å². The van der Waals surface area contributed by atoms with E-state index in [1.807, 2.05) is 19.1 Å². The zero-order valence-electron chi connectivity index (χ0n) is 12.0. The molecule has 1 heterocycles. The molecule has 0 spiro atoms. The minimum atomic E-state index is -3.95. The zero-order valence-corrected chi connectivity index (χ0v) is 13.6. The van der Waals surface area contributed by atoms with Crippen LogP contribution < -0.4 is 5.73 Å². The lowest BCUT2D eigenvalue weighted by atomic mass is 10.3. The van der Waals surface area contributed by atoms with E-state index in [0.29, 0.717) is 0 Å². The Morgan fingerprint density at radius 1 is 1.29 bits per heavy atom. The van der Waals surface area contributed by atoms with Gasteiger partial charge in [-0.25, -0.2) is 12.8 Å².